The highest BCUT2D eigenvalue weighted by atomic mass is 19.4. The standard InChI is InChI=1S/C9H9F3N2O2/c10-9(11,12)7-5(4-13-14-7)8(1-2-8)3-6(15)16/h4H,1-3H2,(H,13,14)(H,15,16). The zero-order chi connectivity index (χ0) is 12.0. The number of alkyl halides is 3. The molecule has 16 heavy (non-hydrogen) atoms. The molecular formula is C9H9F3N2O2. The Bertz CT molecular complexity index is 421. The van der Waals surface area contributed by atoms with Gasteiger partial charge in [-0.25, -0.2) is 0 Å². The third-order valence-electron chi connectivity index (χ3n) is 2.84. The van der Waals surface area contributed by atoms with E-state index in [4.69, 9.17) is 5.11 Å². The minimum Gasteiger partial charge on any atom is -0.481 e. The van der Waals surface area contributed by atoms with Crippen LogP contribution in [-0.2, 0) is 16.4 Å². The maximum Gasteiger partial charge on any atom is 0.433 e. The average Bonchev–Trinajstić information content (AvgIpc) is 2.73. The molecule has 0 aromatic carbocycles. The molecule has 7 heteroatoms. The fourth-order valence-electron chi connectivity index (χ4n) is 1.89. The first-order chi connectivity index (χ1) is 7.35. The van der Waals surface area contributed by atoms with Gasteiger partial charge in [0.1, 0.15) is 5.69 Å². The predicted octanol–water partition coefficient (Wildman–Crippen LogP) is 1.93. The molecule has 2 rings (SSSR count). The Kier molecular flexibility index (Phi) is 2.21. The molecule has 0 saturated heterocycles. The summed E-state index contributed by atoms with van der Waals surface area (Å²) in [7, 11) is 0. The van der Waals surface area contributed by atoms with Gasteiger partial charge in [0.05, 0.1) is 12.6 Å². The summed E-state index contributed by atoms with van der Waals surface area (Å²) in [5.74, 6) is -1.09. The molecule has 0 aliphatic heterocycles. The molecule has 1 aliphatic rings. The second kappa shape index (κ2) is 3.23. The Hall–Kier alpha value is -1.53. The van der Waals surface area contributed by atoms with E-state index in [1.54, 1.807) is 0 Å². The molecule has 0 radical (unpaired) electrons. The van der Waals surface area contributed by atoms with Gasteiger partial charge < -0.3 is 5.11 Å². The number of rotatable bonds is 3. The Balaban J connectivity index is 2.35. The van der Waals surface area contributed by atoms with Crippen LogP contribution in [0.15, 0.2) is 6.20 Å². The SMILES string of the molecule is O=C(O)CC1(c2cn[nH]c2C(F)(F)F)CC1. The van der Waals surface area contributed by atoms with Crippen LogP contribution in [0.3, 0.4) is 0 Å². The normalized spacial score (nSPS) is 18.4. The van der Waals surface area contributed by atoms with Crippen molar-refractivity contribution in [3.05, 3.63) is 17.5 Å². The summed E-state index contributed by atoms with van der Waals surface area (Å²) in [5, 5.41) is 13.9. The molecule has 0 unspecified atom stereocenters. The second-order valence-electron chi connectivity index (χ2n) is 4.01. The summed E-state index contributed by atoms with van der Waals surface area (Å²) >= 11 is 0. The topological polar surface area (TPSA) is 66.0 Å². The maximum absolute atomic E-state index is 12.6. The van der Waals surface area contributed by atoms with Crippen LogP contribution in [0.5, 0.6) is 0 Å². The largest absolute Gasteiger partial charge is 0.481 e. The van der Waals surface area contributed by atoms with Crippen molar-refractivity contribution in [3.8, 4) is 0 Å². The number of carboxylic acid groups (broad SMARTS) is 1. The fourth-order valence-corrected chi connectivity index (χ4v) is 1.89. The fraction of sp³-hybridized carbons (Fsp3) is 0.556. The van der Waals surface area contributed by atoms with Gasteiger partial charge in [-0.2, -0.15) is 18.3 Å². The Morgan fingerprint density at radius 2 is 2.19 bits per heavy atom. The molecule has 1 aliphatic carbocycles. The lowest BCUT2D eigenvalue weighted by Crippen LogP contribution is -2.18. The number of nitrogens with one attached hydrogen (secondary N) is 1. The summed E-state index contributed by atoms with van der Waals surface area (Å²) in [4.78, 5) is 10.6. The van der Waals surface area contributed by atoms with Crippen LogP contribution in [0.25, 0.3) is 0 Å². The number of aromatic amines is 1. The Morgan fingerprint density at radius 1 is 1.56 bits per heavy atom. The van der Waals surface area contributed by atoms with Gasteiger partial charge in [-0.3, -0.25) is 9.89 Å². The van der Waals surface area contributed by atoms with Crippen LogP contribution in [0.1, 0.15) is 30.5 Å². The van der Waals surface area contributed by atoms with Crippen molar-refractivity contribution in [1.29, 1.82) is 0 Å². The number of nitrogens with zero attached hydrogens (tertiary/aromatic N) is 1. The van der Waals surface area contributed by atoms with Crippen LogP contribution < -0.4 is 0 Å². The first-order valence-corrected chi connectivity index (χ1v) is 4.68. The van der Waals surface area contributed by atoms with Gasteiger partial charge in [0.2, 0.25) is 0 Å². The molecule has 1 fully saturated rings. The van der Waals surface area contributed by atoms with Crippen LogP contribution >= 0.6 is 0 Å². The third kappa shape index (κ3) is 1.77. The van der Waals surface area contributed by atoms with E-state index >= 15 is 0 Å². The zero-order valence-corrected chi connectivity index (χ0v) is 8.14. The number of carbonyl (C=O) groups is 1. The van der Waals surface area contributed by atoms with Crippen molar-refractivity contribution < 1.29 is 23.1 Å². The zero-order valence-electron chi connectivity index (χ0n) is 8.14. The number of aliphatic carboxylic acids is 1. The lowest BCUT2D eigenvalue weighted by molar-refractivity contribution is -0.143. The predicted molar refractivity (Wildman–Crippen MR) is 46.8 cm³/mol. The van der Waals surface area contributed by atoms with Crippen LogP contribution in [0, 0.1) is 0 Å². The summed E-state index contributed by atoms with van der Waals surface area (Å²) in [6, 6.07) is 0. The molecule has 4 nitrogen and oxygen atoms in total. The van der Waals surface area contributed by atoms with Gasteiger partial charge in [0.25, 0.3) is 0 Å². The van der Waals surface area contributed by atoms with E-state index in [1.807, 2.05) is 5.10 Å². The Morgan fingerprint density at radius 3 is 2.62 bits per heavy atom. The second-order valence-corrected chi connectivity index (χ2v) is 4.01. The first-order valence-electron chi connectivity index (χ1n) is 4.68. The molecule has 1 aromatic rings. The van der Waals surface area contributed by atoms with E-state index in [0.717, 1.165) is 6.20 Å². The van der Waals surface area contributed by atoms with E-state index in [0.29, 0.717) is 12.8 Å². The van der Waals surface area contributed by atoms with Gasteiger partial charge in [-0.1, -0.05) is 0 Å². The summed E-state index contributed by atoms with van der Waals surface area (Å²) in [6.45, 7) is 0. The molecule has 1 heterocycles. The molecule has 2 N–H and O–H groups in total. The van der Waals surface area contributed by atoms with Crippen molar-refractivity contribution in [2.45, 2.75) is 30.9 Å². The maximum atomic E-state index is 12.6. The minimum atomic E-state index is -4.51. The van der Waals surface area contributed by atoms with Gasteiger partial charge in [-0.05, 0) is 12.8 Å². The minimum absolute atomic E-state index is 0.0256. The van der Waals surface area contributed by atoms with E-state index in [-0.39, 0.29) is 12.0 Å². The highest BCUT2D eigenvalue weighted by Gasteiger charge is 2.51. The summed E-state index contributed by atoms with van der Waals surface area (Å²) in [5.41, 5.74) is -1.82. The van der Waals surface area contributed by atoms with E-state index < -0.39 is 23.3 Å². The van der Waals surface area contributed by atoms with Gasteiger partial charge in [-0.15, -0.1) is 0 Å². The molecule has 0 atom stereocenters. The quantitative estimate of drug-likeness (QED) is 0.839. The lowest BCUT2D eigenvalue weighted by atomic mass is 9.92. The van der Waals surface area contributed by atoms with Crippen molar-refractivity contribution in [2.24, 2.45) is 0 Å². The average molecular weight is 234 g/mol. The van der Waals surface area contributed by atoms with Crippen molar-refractivity contribution in [2.75, 3.05) is 0 Å². The Labute approximate surface area is 88.5 Å². The van der Waals surface area contributed by atoms with Crippen LogP contribution in [0.2, 0.25) is 0 Å². The number of H-pyrrole nitrogens is 1. The molecular weight excluding hydrogens is 225 g/mol. The van der Waals surface area contributed by atoms with Crippen molar-refractivity contribution >= 4 is 5.97 Å². The smallest absolute Gasteiger partial charge is 0.433 e. The number of hydrogen-bond donors (Lipinski definition) is 2. The molecule has 0 amide bonds. The number of hydrogen-bond acceptors (Lipinski definition) is 2. The highest BCUT2D eigenvalue weighted by molar-refractivity contribution is 5.70. The van der Waals surface area contributed by atoms with E-state index in [9.17, 15) is 18.0 Å². The number of carboxylic acids is 1. The monoisotopic (exact) mass is 234 g/mol. The van der Waals surface area contributed by atoms with Crippen molar-refractivity contribution in [3.63, 3.8) is 0 Å². The van der Waals surface area contributed by atoms with Crippen LogP contribution in [0.4, 0.5) is 13.2 Å². The lowest BCUT2D eigenvalue weighted by Gasteiger charge is -2.14. The number of halogens is 3. The van der Waals surface area contributed by atoms with Gasteiger partial charge in [0, 0.05) is 11.0 Å². The van der Waals surface area contributed by atoms with Gasteiger partial charge in [0.15, 0.2) is 0 Å². The number of aromatic nitrogens is 2. The first kappa shape index (κ1) is 11.0. The van der Waals surface area contributed by atoms with Crippen LogP contribution in [-0.4, -0.2) is 21.3 Å². The van der Waals surface area contributed by atoms with Crippen molar-refractivity contribution in [1.82, 2.24) is 10.2 Å². The van der Waals surface area contributed by atoms with E-state index in [2.05, 4.69) is 5.10 Å². The highest BCUT2D eigenvalue weighted by Crippen LogP contribution is 2.53. The summed E-state index contributed by atoms with van der Waals surface area (Å²) < 4.78 is 37.7. The van der Waals surface area contributed by atoms with Gasteiger partial charge >= 0.3 is 12.1 Å². The molecule has 88 valence electrons. The summed E-state index contributed by atoms with van der Waals surface area (Å²) in [6.07, 6.45) is -2.79. The molecule has 1 aromatic heterocycles. The molecule has 0 bridgehead atoms. The molecule has 1 saturated carbocycles. The third-order valence-corrected chi connectivity index (χ3v) is 2.84. The van der Waals surface area contributed by atoms with E-state index in [1.165, 1.54) is 0 Å². The molecule has 0 spiro atoms.